The Kier molecular flexibility index (Phi) is 1.72. The van der Waals surface area contributed by atoms with Crippen molar-refractivity contribution in [3.05, 3.63) is 35.9 Å². The molecule has 0 aliphatic heterocycles. The lowest BCUT2D eigenvalue weighted by Crippen LogP contribution is -2.31. The summed E-state index contributed by atoms with van der Waals surface area (Å²) in [6, 6.07) is 10.6. The van der Waals surface area contributed by atoms with E-state index in [-0.39, 0.29) is 11.5 Å². The standard InChI is InChI=1S/C13H16O/c14-12-8-4-7-11-9-13(11,12)10-5-2-1-3-6-10/h1-3,5-6,11-12,14H,4,7-9H2. The van der Waals surface area contributed by atoms with Crippen LogP contribution in [0.4, 0.5) is 0 Å². The number of benzene rings is 1. The molecule has 1 nitrogen and oxygen atoms in total. The zero-order valence-corrected chi connectivity index (χ0v) is 8.32. The third kappa shape index (κ3) is 0.992. The third-order valence-corrected chi connectivity index (χ3v) is 4.09. The fourth-order valence-electron chi connectivity index (χ4n) is 3.23. The van der Waals surface area contributed by atoms with Crippen molar-refractivity contribution in [2.24, 2.45) is 5.92 Å². The van der Waals surface area contributed by atoms with E-state index in [4.69, 9.17) is 0 Å². The highest BCUT2D eigenvalue weighted by Gasteiger charge is 2.60. The molecule has 1 aromatic carbocycles. The molecular formula is C13H16O. The molecule has 74 valence electrons. The summed E-state index contributed by atoms with van der Waals surface area (Å²) < 4.78 is 0. The van der Waals surface area contributed by atoms with Gasteiger partial charge in [-0.05, 0) is 30.7 Å². The normalized spacial score (nSPS) is 40.4. The van der Waals surface area contributed by atoms with Crippen LogP contribution in [0, 0.1) is 5.92 Å². The molecule has 0 radical (unpaired) electrons. The second-order valence-electron chi connectivity index (χ2n) is 4.75. The Hall–Kier alpha value is -0.820. The maximum absolute atomic E-state index is 10.1. The van der Waals surface area contributed by atoms with E-state index in [9.17, 15) is 5.11 Å². The van der Waals surface area contributed by atoms with Crippen LogP contribution in [-0.4, -0.2) is 11.2 Å². The summed E-state index contributed by atoms with van der Waals surface area (Å²) >= 11 is 0. The van der Waals surface area contributed by atoms with Crippen LogP contribution < -0.4 is 0 Å². The van der Waals surface area contributed by atoms with Gasteiger partial charge in [0, 0.05) is 5.41 Å². The van der Waals surface area contributed by atoms with Gasteiger partial charge in [0.25, 0.3) is 0 Å². The smallest absolute Gasteiger partial charge is 0.0639 e. The average molecular weight is 188 g/mol. The first-order valence-corrected chi connectivity index (χ1v) is 5.57. The fourth-order valence-corrected chi connectivity index (χ4v) is 3.23. The number of fused-ring (bicyclic) bond motifs is 1. The lowest BCUT2D eigenvalue weighted by atomic mass is 9.80. The van der Waals surface area contributed by atoms with Crippen LogP contribution in [-0.2, 0) is 5.41 Å². The second kappa shape index (κ2) is 2.83. The van der Waals surface area contributed by atoms with Gasteiger partial charge in [-0.3, -0.25) is 0 Å². The molecule has 0 bridgehead atoms. The van der Waals surface area contributed by atoms with Gasteiger partial charge in [0.15, 0.2) is 0 Å². The van der Waals surface area contributed by atoms with E-state index in [0.717, 1.165) is 12.3 Å². The summed E-state index contributed by atoms with van der Waals surface area (Å²) in [6.07, 6.45) is 4.62. The summed E-state index contributed by atoms with van der Waals surface area (Å²) in [4.78, 5) is 0. The Morgan fingerprint density at radius 2 is 1.93 bits per heavy atom. The largest absolute Gasteiger partial charge is 0.392 e. The summed E-state index contributed by atoms with van der Waals surface area (Å²) in [6.45, 7) is 0. The van der Waals surface area contributed by atoms with Gasteiger partial charge >= 0.3 is 0 Å². The van der Waals surface area contributed by atoms with E-state index in [0.29, 0.717) is 0 Å². The van der Waals surface area contributed by atoms with Gasteiger partial charge in [0.1, 0.15) is 0 Å². The first-order valence-electron chi connectivity index (χ1n) is 5.57. The lowest BCUT2D eigenvalue weighted by molar-refractivity contribution is 0.0945. The van der Waals surface area contributed by atoms with Crippen molar-refractivity contribution in [3.63, 3.8) is 0 Å². The van der Waals surface area contributed by atoms with Crippen LogP contribution in [0.25, 0.3) is 0 Å². The minimum absolute atomic E-state index is 0.0938. The molecule has 2 aliphatic carbocycles. The average Bonchev–Trinajstić information content (AvgIpc) is 2.96. The highest BCUT2D eigenvalue weighted by Crippen LogP contribution is 2.62. The third-order valence-electron chi connectivity index (χ3n) is 4.09. The van der Waals surface area contributed by atoms with E-state index < -0.39 is 0 Å². The topological polar surface area (TPSA) is 20.2 Å². The molecule has 2 aliphatic rings. The van der Waals surface area contributed by atoms with E-state index in [2.05, 4.69) is 24.3 Å². The Balaban J connectivity index is 1.98. The Labute approximate surface area is 84.8 Å². The quantitative estimate of drug-likeness (QED) is 0.718. The molecule has 3 atom stereocenters. The summed E-state index contributed by atoms with van der Waals surface area (Å²) in [5, 5.41) is 10.1. The number of rotatable bonds is 1. The molecule has 2 saturated carbocycles. The van der Waals surface area contributed by atoms with Crippen molar-refractivity contribution in [1.82, 2.24) is 0 Å². The van der Waals surface area contributed by atoms with Gasteiger partial charge in [0.2, 0.25) is 0 Å². The monoisotopic (exact) mass is 188 g/mol. The van der Waals surface area contributed by atoms with Gasteiger partial charge in [-0.25, -0.2) is 0 Å². The Bertz CT molecular complexity index is 332. The summed E-state index contributed by atoms with van der Waals surface area (Å²) in [5.74, 6) is 0.758. The van der Waals surface area contributed by atoms with Gasteiger partial charge in [-0.1, -0.05) is 36.8 Å². The second-order valence-corrected chi connectivity index (χ2v) is 4.75. The van der Waals surface area contributed by atoms with E-state index in [1.807, 2.05) is 6.07 Å². The van der Waals surface area contributed by atoms with Gasteiger partial charge in [-0.2, -0.15) is 0 Å². The predicted molar refractivity (Wildman–Crippen MR) is 56.1 cm³/mol. The number of hydrogen-bond donors (Lipinski definition) is 1. The minimum Gasteiger partial charge on any atom is -0.392 e. The summed E-state index contributed by atoms with van der Waals surface area (Å²) in [5.41, 5.74) is 1.51. The maximum Gasteiger partial charge on any atom is 0.0639 e. The van der Waals surface area contributed by atoms with E-state index >= 15 is 0 Å². The van der Waals surface area contributed by atoms with Gasteiger partial charge < -0.3 is 5.11 Å². The van der Waals surface area contributed by atoms with Crippen molar-refractivity contribution < 1.29 is 5.11 Å². The summed E-state index contributed by atoms with van der Waals surface area (Å²) in [7, 11) is 0. The van der Waals surface area contributed by atoms with E-state index in [1.165, 1.54) is 24.8 Å². The zero-order chi connectivity index (χ0) is 9.60. The van der Waals surface area contributed by atoms with E-state index in [1.54, 1.807) is 0 Å². The predicted octanol–water partition coefficient (Wildman–Crippen LogP) is 2.49. The first kappa shape index (κ1) is 8.49. The molecule has 0 aromatic heterocycles. The first-order chi connectivity index (χ1) is 6.84. The minimum atomic E-state index is -0.0938. The number of hydrogen-bond acceptors (Lipinski definition) is 1. The number of aliphatic hydroxyl groups excluding tert-OH is 1. The zero-order valence-electron chi connectivity index (χ0n) is 8.32. The van der Waals surface area contributed by atoms with Crippen LogP contribution in [0.15, 0.2) is 30.3 Å². The fraction of sp³-hybridized carbons (Fsp3) is 0.538. The molecule has 1 N–H and O–H groups in total. The van der Waals surface area contributed by atoms with Crippen molar-refractivity contribution >= 4 is 0 Å². The molecule has 3 rings (SSSR count). The van der Waals surface area contributed by atoms with Gasteiger partial charge in [-0.15, -0.1) is 0 Å². The van der Waals surface area contributed by atoms with Gasteiger partial charge in [0.05, 0.1) is 6.10 Å². The molecule has 1 aromatic rings. The molecule has 0 spiro atoms. The highest BCUT2D eigenvalue weighted by molar-refractivity contribution is 5.36. The van der Waals surface area contributed by atoms with Crippen LogP contribution in [0.5, 0.6) is 0 Å². The van der Waals surface area contributed by atoms with Crippen LogP contribution in [0.2, 0.25) is 0 Å². The van der Waals surface area contributed by atoms with Crippen molar-refractivity contribution in [3.8, 4) is 0 Å². The van der Waals surface area contributed by atoms with Crippen LogP contribution >= 0.6 is 0 Å². The maximum atomic E-state index is 10.1. The molecule has 0 saturated heterocycles. The number of aliphatic hydroxyl groups is 1. The van der Waals surface area contributed by atoms with Crippen LogP contribution in [0.1, 0.15) is 31.2 Å². The molecule has 14 heavy (non-hydrogen) atoms. The lowest BCUT2D eigenvalue weighted by Gasteiger charge is -2.28. The Morgan fingerprint density at radius 3 is 2.64 bits per heavy atom. The van der Waals surface area contributed by atoms with Crippen molar-refractivity contribution in [2.75, 3.05) is 0 Å². The Morgan fingerprint density at radius 1 is 1.14 bits per heavy atom. The molecule has 0 amide bonds. The van der Waals surface area contributed by atoms with Crippen molar-refractivity contribution in [1.29, 1.82) is 0 Å². The SMILES string of the molecule is OC1CCCC2CC12c1ccccc1. The molecular weight excluding hydrogens is 172 g/mol. The molecule has 1 heteroatoms. The molecule has 2 fully saturated rings. The molecule has 3 unspecified atom stereocenters. The van der Waals surface area contributed by atoms with Crippen LogP contribution in [0.3, 0.4) is 0 Å². The molecule has 0 heterocycles. The highest BCUT2D eigenvalue weighted by atomic mass is 16.3. The van der Waals surface area contributed by atoms with Crippen molar-refractivity contribution in [2.45, 2.75) is 37.2 Å².